The van der Waals surface area contributed by atoms with Crippen molar-refractivity contribution in [3.8, 4) is 11.5 Å². The Morgan fingerprint density at radius 3 is 2.73 bits per heavy atom. The molecule has 1 aromatic carbocycles. The van der Waals surface area contributed by atoms with Crippen LogP contribution in [0.15, 0.2) is 29.7 Å². The number of hydrogen-bond acceptors (Lipinski definition) is 6. The topological polar surface area (TPSA) is 73.9 Å². The molecule has 1 amide bonds. The van der Waals surface area contributed by atoms with Gasteiger partial charge in [-0.2, -0.15) is 0 Å². The number of nitrogens with one attached hydrogen (secondary N) is 1. The van der Waals surface area contributed by atoms with Gasteiger partial charge in [-0.3, -0.25) is 4.79 Å². The second kappa shape index (κ2) is 9.26. The van der Waals surface area contributed by atoms with Crippen molar-refractivity contribution in [2.45, 2.75) is 6.92 Å². The van der Waals surface area contributed by atoms with E-state index in [-0.39, 0.29) is 0 Å². The number of esters is 1. The lowest BCUT2D eigenvalue weighted by Crippen LogP contribution is -2.10. The quantitative estimate of drug-likeness (QED) is 0.560. The van der Waals surface area contributed by atoms with E-state index in [1.165, 1.54) is 31.6 Å². The number of benzene rings is 1. The summed E-state index contributed by atoms with van der Waals surface area (Å²) in [5.74, 6) is 0.0468. The van der Waals surface area contributed by atoms with Gasteiger partial charge in [-0.25, -0.2) is 4.79 Å². The van der Waals surface area contributed by atoms with Gasteiger partial charge < -0.3 is 19.5 Å². The normalized spacial score (nSPS) is 10.6. The van der Waals surface area contributed by atoms with Crippen LogP contribution in [0.25, 0.3) is 6.08 Å². The molecule has 0 aliphatic heterocycles. The van der Waals surface area contributed by atoms with Crippen molar-refractivity contribution in [1.82, 2.24) is 0 Å². The van der Waals surface area contributed by atoms with Gasteiger partial charge in [0.25, 0.3) is 0 Å². The highest BCUT2D eigenvalue weighted by Gasteiger charge is 2.15. The number of hydrogen-bond donors (Lipinski definition) is 1. The molecule has 0 aliphatic carbocycles. The SMILES string of the molecule is CCOc1cc(/C=C/C(=O)Nc2ccsc2C(=O)OC)cc(Cl)c1OC. The van der Waals surface area contributed by atoms with Crippen LogP contribution >= 0.6 is 22.9 Å². The predicted octanol–water partition coefficient (Wildman–Crippen LogP) is 4.25. The molecule has 0 fully saturated rings. The summed E-state index contributed by atoms with van der Waals surface area (Å²) >= 11 is 7.37. The highest BCUT2D eigenvalue weighted by molar-refractivity contribution is 7.12. The molecule has 6 nitrogen and oxygen atoms in total. The summed E-state index contributed by atoms with van der Waals surface area (Å²) < 4.78 is 15.4. The lowest BCUT2D eigenvalue weighted by molar-refractivity contribution is -0.111. The van der Waals surface area contributed by atoms with E-state index in [9.17, 15) is 9.59 Å². The Bertz CT molecular complexity index is 831. The lowest BCUT2D eigenvalue weighted by Gasteiger charge is -2.11. The summed E-state index contributed by atoms with van der Waals surface area (Å²) in [6.45, 7) is 2.30. The number of anilines is 1. The fourth-order valence-corrected chi connectivity index (χ4v) is 3.21. The van der Waals surface area contributed by atoms with Crippen LogP contribution in [-0.4, -0.2) is 32.7 Å². The van der Waals surface area contributed by atoms with Gasteiger partial charge in [-0.15, -0.1) is 11.3 Å². The number of ether oxygens (including phenoxy) is 3. The first kappa shape index (κ1) is 19.8. The average molecular weight is 396 g/mol. The van der Waals surface area contributed by atoms with Crippen molar-refractivity contribution in [3.63, 3.8) is 0 Å². The van der Waals surface area contributed by atoms with E-state index >= 15 is 0 Å². The third-order valence-corrected chi connectivity index (χ3v) is 4.43. The van der Waals surface area contributed by atoms with Crippen molar-refractivity contribution in [3.05, 3.63) is 45.1 Å². The predicted molar refractivity (Wildman–Crippen MR) is 102 cm³/mol. The summed E-state index contributed by atoms with van der Waals surface area (Å²) in [4.78, 5) is 24.1. The molecule has 2 aromatic rings. The molecule has 1 aromatic heterocycles. The molecule has 26 heavy (non-hydrogen) atoms. The molecule has 8 heteroatoms. The molecule has 0 atom stereocenters. The number of carbonyl (C=O) groups excluding carboxylic acids is 2. The molecule has 0 aliphatic rings. The minimum absolute atomic E-state index is 0.334. The van der Waals surface area contributed by atoms with Crippen molar-refractivity contribution in [2.24, 2.45) is 0 Å². The van der Waals surface area contributed by atoms with Gasteiger partial charge in [0.2, 0.25) is 5.91 Å². The second-order valence-corrected chi connectivity index (χ2v) is 6.27. The first-order chi connectivity index (χ1) is 12.5. The fourth-order valence-electron chi connectivity index (χ4n) is 2.15. The monoisotopic (exact) mass is 395 g/mol. The molecule has 0 unspecified atom stereocenters. The summed E-state index contributed by atoms with van der Waals surface area (Å²) in [5, 5.41) is 4.72. The number of methoxy groups -OCH3 is 2. The Morgan fingerprint density at radius 2 is 2.08 bits per heavy atom. The van der Waals surface area contributed by atoms with E-state index in [1.807, 2.05) is 6.92 Å². The maximum absolute atomic E-state index is 12.1. The van der Waals surface area contributed by atoms with Gasteiger partial charge in [0.05, 0.1) is 31.5 Å². The van der Waals surface area contributed by atoms with E-state index in [1.54, 1.807) is 29.7 Å². The van der Waals surface area contributed by atoms with Gasteiger partial charge in [-0.1, -0.05) is 11.6 Å². The average Bonchev–Trinajstić information content (AvgIpc) is 3.07. The highest BCUT2D eigenvalue weighted by atomic mass is 35.5. The Balaban J connectivity index is 2.16. The van der Waals surface area contributed by atoms with Crippen molar-refractivity contribution in [2.75, 3.05) is 26.1 Å². The summed E-state index contributed by atoms with van der Waals surface area (Å²) in [5.41, 5.74) is 1.08. The van der Waals surface area contributed by atoms with Gasteiger partial charge in [0.1, 0.15) is 4.88 Å². The Labute approximate surface area is 160 Å². The third-order valence-electron chi connectivity index (χ3n) is 3.26. The number of amides is 1. The molecule has 0 bridgehead atoms. The van der Waals surface area contributed by atoms with Crippen LogP contribution in [0.2, 0.25) is 5.02 Å². The standard InChI is InChI=1S/C18H18ClNO5S/c1-4-25-14-10-11(9-12(19)16(14)23-2)5-6-15(21)20-13-7-8-26-17(13)18(22)24-3/h5-10H,4H2,1-3H3,(H,20,21)/b6-5+. The molecule has 138 valence electrons. The van der Waals surface area contributed by atoms with E-state index in [0.29, 0.717) is 39.3 Å². The molecule has 0 radical (unpaired) electrons. The minimum Gasteiger partial charge on any atom is -0.491 e. The zero-order valence-corrected chi connectivity index (χ0v) is 16.1. The molecule has 0 saturated carbocycles. The van der Waals surface area contributed by atoms with Gasteiger partial charge in [0.15, 0.2) is 11.5 Å². The molecule has 1 N–H and O–H groups in total. The zero-order valence-electron chi connectivity index (χ0n) is 14.5. The van der Waals surface area contributed by atoms with Gasteiger partial charge in [-0.05, 0) is 42.1 Å². The van der Waals surface area contributed by atoms with Crippen LogP contribution < -0.4 is 14.8 Å². The van der Waals surface area contributed by atoms with Crippen LogP contribution in [-0.2, 0) is 9.53 Å². The van der Waals surface area contributed by atoms with Crippen LogP contribution in [0, 0.1) is 0 Å². The van der Waals surface area contributed by atoms with Crippen molar-refractivity contribution in [1.29, 1.82) is 0 Å². The highest BCUT2D eigenvalue weighted by Crippen LogP contribution is 2.36. The fraction of sp³-hybridized carbons (Fsp3) is 0.222. The molecular weight excluding hydrogens is 378 g/mol. The molecule has 1 heterocycles. The summed E-state index contributed by atoms with van der Waals surface area (Å²) in [6.07, 6.45) is 2.93. The van der Waals surface area contributed by atoms with E-state index < -0.39 is 11.9 Å². The first-order valence-electron chi connectivity index (χ1n) is 7.65. The van der Waals surface area contributed by atoms with Crippen LogP contribution in [0.5, 0.6) is 11.5 Å². The molecular formula is C18H18ClNO5S. The summed E-state index contributed by atoms with van der Waals surface area (Å²) in [6, 6.07) is 5.03. The molecule has 0 saturated heterocycles. The minimum atomic E-state index is -0.498. The maximum atomic E-state index is 12.1. The number of thiophene rings is 1. The Hall–Kier alpha value is -2.51. The Kier molecular flexibility index (Phi) is 7.06. The first-order valence-corrected chi connectivity index (χ1v) is 8.91. The molecule has 2 rings (SSSR count). The molecule has 0 spiro atoms. The van der Waals surface area contributed by atoms with E-state index in [2.05, 4.69) is 10.1 Å². The van der Waals surface area contributed by atoms with Gasteiger partial charge in [0, 0.05) is 6.08 Å². The van der Waals surface area contributed by atoms with Crippen LogP contribution in [0.3, 0.4) is 0 Å². The van der Waals surface area contributed by atoms with E-state index in [0.717, 1.165) is 0 Å². The lowest BCUT2D eigenvalue weighted by atomic mass is 10.2. The third kappa shape index (κ3) is 4.77. The van der Waals surface area contributed by atoms with Crippen molar-refractivity contribution >= 4 is 46.6 Å². The second-order valence-electron chi connectivity index (χ2n) is 4.94. The van der Waals surface area contributed by atoms with Crippen LogP contribution in [0.4, 0.5) is 5.69 Å². The zero-order chi connectivity index (χ0) is 19.1. The van der Waals surface area contributed by atoms with Gasteiger partial charge >= 0.3 is 5.97 Å². The summed E-state index contributed by atoms with van der Waals surface area (Å²) in [7, 11) is 2.80. The van der Waals surface area contributed by atoms with Crippen molar-refractivity contribution < 1.29 is 23.8 Å². The number of carbonyl (C=O) groups is 2. The number of halogens is 1. The largest absolute Gasteiger partial charge is 0.491 e. The smallest absolute Gasteiger partial charge is 0.350 e. The Morgan fingerprint density at radius 1 is 1.31 bits per heavy atom. The van der Waals surface area contributed by atoms with Crippen LogP contribution in [0.1, 0.15) is 22.2 Å². The number of rotatable bonds is 7. The van der Waals surface area contributed by atoms with E-state index in [4.69, 9.17) is 21.1 Å². The maximum Gasteiger partial charge on any atom is 0.350 e.